The molecule has 0 bridgehead atoms. The summed E-state index contributed by atoms with van der Waals surface area (Å²) in [4.78, 5) is 36.5. The molecule has 7 heteroatoms. The highest BCUT2D eigenvalue weighted by molar-refractivity contribution is 5.89. The van der Waals surface area contributed by atoms with Crippen molar-refractivity contribution in [2.75, 3.05) is 19.6 Å². The Hall–Kier alpha value is -2.02. The number of likely N-dealkylation sites (tertiary alicyclic amines) is 1. The van der Waals surface area contributed by atoms with Gasteiger partial charge in [-0.25, -0.2) is 0 Å². The lowest BCUT2D eigenvalue weighted by atomic mass is 10.1. The highest BCUT2D eigenvalue weighted by Crippen LogP contribution is 2.20. The maximum atomic E-state index is 12.6. The van der Waals surface area contributed by atoms with E-state index in [-0.39, 0.29) is 24.3 Å². The molecule has 0 saturated carbocycles. The van der Waals surface area contributed by atoms with Crippen LogP contribution in [0.15, 0.2) is 18.6 Å². The Labute approximate surface area is 130 Å². The van der Waals surface area contributed by atoms with E-state index in [1.54, 1.807) is 28.4 Å². The van der Waals surface area contributed by atoms with Crippen molar-refractivity contribution in [1.29, 1.82) is 0 Å². The van der Waals surface area contributed by atoms with Crippen LogP contribution >= 0.6 is 0 Å². The normalized spacial score (nSPS) is 21.0. The molecule has 120 valence electrons. The Morgan fingerprint density at radius 3 is 2.68 bits per heavy atom. The molecule has 1 aliphatic heterocycles. The molecule has 22 heavy (non-hydrogen) atoms. The summed E-state index contributed by atoms with van der Waals surface area (Å²) in [6.07, 6.45) is 5.34. The second kappa shape index (κ2) is 7.31. The zero-order valence-corrected chi connectivity index (χ0v) is 13.1. The molecule has 2 rings (SSSR count). The Balaban J connectivity index is 2.10. The third-order valence-corrected chi connectivity index (χ3v) is 3.96. The predicted octanol–water partition coefficient (Wildman–Crippen LogP) is -0.184. The number of aromatic nitrogens is 2. The third-order valence-electron chi connectivity index (χ3n) is 3.96. The molecule has 1 fully saturated rings. The Morgan fingerprint density at radius 2 is 2.09 bits per heavy atom. The first kappa shape index (κ1) is 16.4. The van der Waals surface area contributed by atoms with E-state index >= 15 is 0 Å². The van der Waals surface area contributed by atoms with E-state index in [0.29, 0.717) is 31.7 Å². The number of carbonyl (C=O) groups is 2. The Bertz CT molecular complexity index is 518. The fourth-order valence-corrected chi connectivity index (χ4v) is 2.80. The number of likely N-dealkylation sites (N-methyl/N-ethyl adjacent to an activating group) is 1. The molecule has 7 nitrogen and oxygen atoms in total. The fraction of sp³-hybridized carbons (Fsp3) is 0.600. The summed E-state index contributed by atoms with van der Waals surface area (Å²) in [5.41, 5.74) is 6.57. The van der Waals surface area contributed by atoms with Crippen molar-refractivity contribution >= 4 is 11.8 Å². The summed E-state index contributed by atoms with van der Waals surface area (Å²) >= 11 is 0. The molecular weight excluding hydrogens is 282 g/mol. The standard InChI is InChI=1S/C15H23N5O2/c1-3-19(4-2)15(22)13-7-11(16)10-20(13)14(21)8-12-9-17-5-6-18-12/h5-6,9,11,13H,3-4,7-8,10,16H2,1-2H3/t11-,13-/m0/s1. The fourth-order valence-electron chi connectivity index (χ4n) is 2.80. The van der Waals surface area contributed by atoms with Crippen molar-refractivity contribution in [2.45, 2.75) is 38.8 Å². The number of carbonyl (C=O) groups excluding carboxylic acids is 2. The molecule has 1 saturated heterocycles. The van der Waals surface area contributed by atoms with Gasteiger partial charge in [0.05, 0.1) is 12.1 Å². The summed E-state index contributed by atoms with van der Waals surface area (Å²) in [5.74, 6) is -0.149. The van der Waals surface area contributed by atoms with Gasteiger partial charge in [0.25, 0.3) is 0 Å². The first-order valence-corrected chi connectivity index (χ1v) is 7.65. The molecule has 2 heterocycles. The molecule has 0 unspecified atom stereocenters. The van der Waals surface area contributed by atoms with Crippen molar-refractivity contribution < 1.29 is 9.59 Å². The zero-order chi connectivity index (χ0) is 16.1. The average molecular weight is 305 g/mol. The molecule has 0 aliphatic carbocycles. The quantitative estimate of drug-likeness (QED) is 0.814. The van der Waals surface area contributed by atoms with E-state index in [2.05, 4.69) is 9.97 Å². The molecule has 2 amide bonds. The number of amides is 2. The Kier molecular flexibility index (Phi) is 5.43. The zero-order valence-electron chi connectivity index (χ0n) is 13.1. The minimum Gasteiger partial charge on any atom is -0.341 e. The van der Waals surface area contributed by atoms with Crippen molar-refractivity contribution in [1.82, 2.24) is 19.8 Å². The van der Waals surface area contributed by atoms with Gasteiger partial charge in [-0.1, -0.05) is 0 Å². The Morgan fingerprint density at radius 1 is 1.36 bits per heavy atom. The van der Waals surface area contributed by atoms with Gasteiger partial charge >= 0.3 is 0 Å². The van der Waals surface area contributed by atoms with Gasteiger partial charge in [-0.2, -0.15) is 0 Å². The van der Waals surface area contributed by atoms with Gasteiger partial charge in [0.1, 0.15) is 6.04 Å². The van der Waals surface area contributed by atoms with E-state index in [1.807, 2.05) is 13.8 Å². The predicted molar refractivity (Wildman–Crippen MR) is 81.8 cm³/mol. The van der Waals surface area contributed by atoms with Crippen LogP contribution in [0.3, 0.4) is 0 Å². The highest BCUT2D eigenvalue weighted by Gasteiger charge is 2.39. The van der Waals surface area contributed by atoms with Gasteiger partial charge in [0, 0.05) is 44.3 Å². The van der Waals surface area contributed by atoms with Crippen molar-refractivity contribution in [3.8, 4) is 0 Å². The minimum atomic E-state index is -0.459. The lowest BCUT2D eigenvalue weighted by Crippen LogP contribution is -2.48. The van der Waals surface area contributed by atoms with Gasteiger partial charge in [0.2, 0.25) is 11.8 Å². The van der Waals surface area contributed by atoms with E-state index in [1.165, 1.54) is 0 Å². The van der Waals surface area contributed by atoms with Gasteiger partial charge in [-0.3, -0.25) is 19.6 Å². The minimum absolute atomic E-state index is 0.0227. The van der Waals surface area contributed by atoms with Crippen LogP contribution in [0.25, 0.3) is 0 Å². The lowest BCUT2D eigenvalue weighted by Gasteiger charge is -2.28. The monoisotopic (exact) mass is 305 g/mol. The topological polar surface area (TPSA) is 92.4 Å². The second-order valence-electron chi connectivity index (χ2n) is 5.44. The second-order valence-corrected chi connectivity index (χ2v) is 5.44. The van der Waals surface area contributed by atoms with Gasteiger partial charge in [0.15, 0.2) is 0 Å². The largest absolute Gasteiger partial charge is 0.341 e. The van der Waals surface area contributed by atoms with Crippen LogP contribution in [0, 0.1) is 0 Å². The van der Waals surface area contributed by atoms with E-state index in [9.17, 15) is 9.59 Å². The number of nitrogens with zero attached hydrogens (tertiary/aromatic N) is 4. The maximum Gasteiger partial charge on any atom is 0.245 e. The molecular formula is C15H23N5O2. The van der Waals surface area contributed by atoms with Gasteiger partial charge in [-0.15, -0.1) is 0 Å². The van der Waals surface area contributed by atoms with Gasteiger partial charge < -0.3 is 15.5 Å². The first-order valence-electron chi connectivity index (χ1n) is 7.65. The summed E-state index contributed by atoms with van der Waals surface area (Å²) < 4.78 is 0. The average Bonchev–Trinajstić information content (AvgIpc) is 2.91. The first-order chi connectivity index (χ1) is 10.6. The van der Waals surface area contributed by atoms with Crippen LogP contribution in [-0.2, 0) is 16.0 Å². The summed E-state index contributed by atoms with van der Waals surface area (Å²) in [5, 5.41) is 0. The summed E-state index contributed by atoms with van der Waals surface area (Å²) in [6.45, 7) is 5.54. The van der Waals surface area contributed by atoms with Crippen molar-refractivity contribution in [3.05, 3.63) is 24.3 Å². The highest BCUT2D eigenvalue weighted by atomic mass is 16.2. The lowest BCUT2D eigenvalue weighted by molar-refractivity contribution is -0.143. The van der Waals surface area contributed by atoms with Crippen molar-refractivity contribution in [2.24, 2.45) is 5.73 Å². The molecule has 1 aliphatic rings. The third kappa shape index (κ3) is 3.59. The van der Waals surface area contributed by atoms with E-state index < -0.39 is 6.04 Å². The summed E-state index contributed by atoms with van der Waals surface area (Å²) in [6, 6.07) is -0.616. The van der Waals surface area contributed by atoms with Crippen LogP contribution in [0.5, 0.6) is 0 Å². The number of hydrogen-bond acceptors (Lipinski definition) is 5. The van der Waals surface area contributed by atoms with Gasteiger partial charge in [-0.05, 0) is 20.3 Å². The molecule has 0 spiro atoms. The SMILES string of the molecule is CCN(CC)C(=O)[C@@H]1C[C@H](N)CN1C(=O)Cc1cnccn1. The van der Waals surface area contributed by atoms with E-state index in [4.69, 9.17) is 5.73 Å². The molecule has 2 atom stereocenters. The van der Waals surface area contributed by atoms with Crippen molar-refractivity contribution in [3.63, 3.8) is 0 Å². The van der Waals surface area contributed by atoms with Crippen LogP contribution in [0.1, 0.15) is 26.0 Å². The summed E-state index contributed by atoms with van der Waals surface area (Å²) in [7, 11) is 0. The molecule has 1 aromatic rings. The molecule has 1 aromatic heterocycles. The van der Waals surface area contributed by atoms with Crippen LogP contribution in [-0.4, -0.2) is 63.3 Å². The number of hydrogen-bond donors (Lipinski definition) is 1. The number of nitrogens with two attached hydrogens (primary N) is 1. The maximum absolute atomic E-state index is 12.6. The van der Waals surface area contributed by atoms with Crippen LogP contribution < -0.4 is 5.73 Å². The molecule has 0 aromatic carbocycles. The van der Waals surface area contributed by atoms with Crippen LogP contribution in [0.4, 0.5) is 0 Å². The molecule has 2 N–H and O–H groups in total. The smallest absolute Gasteiger partial charge is 0.245 e. The number of rotatable bonds is 5. The van der Waals surface area contributed by atoms with Crippen LogP contribution in [0.2, 0.25) is 0 Å². The van der Waals surface area contributed by atoms with E-state index in [0.717, 1.165) is 0 Å². The molecule has 0 radical (unpaired) electrons.